The highest BCUT2D eigenvalue weighted by atomic mass is 16.2. The molecule has 4 nitrogen and oxygen atoms in total. The van der Waals surface area contributed by atoms with Crippen molar-refractivity contribution in [3.8, 4) is 0 Å². The topological polar surface area (TPSA) is 26.8 Å². The van der Waals surface area contributed by atoms with Crippen LogP contribution in [0, 0.1) is 5.41 Å². The molecular formula is C16H29N3O. The van der Waals surface area contributed by atoms with Gasteiger partial charge in [0.25, 0.3) is 0 Å². The highest BCUT2D eigenvalue weighted by Gasteiger charge is 2.50. The van der Waals surface area contributed by atoms with E-state index >= 15 is 0 Å². The van der Waals surface area contributed by atoms with E-state index in [0.717, 1.165) is 26.2 Å². The summed E-state index contributed by atoms with van der Waals surface area (Å²) < 4.78 is 0. The van der Waals surface area contributed by atoms with E-state index in [1.807, 2.05) is 25.1 Å². The molecule has 2 heterocycles. The second-order valence-electron chi connectivity index (χ2n) is 7.70. The van der Waals surface area contributed by atoms with Crippen LogP contribution < -0.4 is 0 Å². The Morgan fingerprint density at radius 3 is 2.40 bits per heavy atom. The molecule has 0 N–H and O–H groups in total. The van der Waals surface area contributed by atoms with Crippen molar-refractivity contribution >= 4 is 5.91 Å². The molecule has 0 bridgehead atoms. The van der Waals surface area contributed by atoms with E-state index in [0.29, 0.717) is 5.41 Å². The number of likely N-dealkylation sites (tertiary alicyclic amines) is 2. The van der Waals surface area contributed by atoms with Gasteiger partial charge in [-0.1, -0.05) is 6.08 Å². The number of likely N-dealkylation sites (N-methyl/N-ethyl adjacent to an activating group) is 1. The Bertz CT molecular complexity index is 389. The van der Waals surface area contributed by atoms with Crippen molar-refractivity contribution in [2.75, 3.05) is 46.8 Å². The maximum Gasteiger partial charge on any atom is 0.246 e. The van der Waals surface area contributed by atoms with Gasteiger partial charge in [0.2, 0.25) is 5.91 Å². The summed E-state index contributed by atoms with van der Waals surface area (Å²) in [5.41, 5.74) is 0.623. The lowest BCUT2D eigenvalue weighted by Gasteiger charge is -2.48. The minimum atomic E-state index is 0.173. The fourth-order valence-electron chi connectivity index (χ4n) is 3.15. The standard InChI is InChI=1S/C16H29N3O/c1-15(2,3)19-10-8-16(13-19)11-18(12-16)14(20)7-6-9-17(4)5/h6-7H,8-13H2,1-5H3/b7-6-. The molecule has 0 atom stereocenters. The Kier molecular flexibility index (Phi) is 4.26. The maximum absolute atomic E-state index is 12.0. The molecule has 0 aromatic rings. The van der Waals surface area contributed by atoms with Gasteiger partial charge in [0.05, 0.1) is 0 Å². The number of amides is 1. The van der Waals surface area contributed by atoms with Gasteiger partial charge in [0, 0.05) is 43.2 Å². The number of nitrogens with zero attached hydrogens (tertiary/aromatic N) is 3. The molecule has 0 aliphatic carbocycles. The van der Waals surface area contributed by atoms with Crippen molar-refractivity contribution in [2.24, 2.45) is 5.41 Å². The van der Waals surface area contributed by atoms with Gasteiger partial charge in [-0.2, -0.15) is 0 Å². The maximum atomic E-state index is 12.0. The monoisotopic (exact) mass is 279 g/mol. The van der Waals surface area contributed by atoms with Crippen LogP contribution in [0.1, 0.15) is 27.2 Å². The number of carbonyl (C=O) groups is 1. The lowest BCUT2D eigenvalue weighted by atomic mass is 9.79. The molecule has 114 valence electrons. The van der Waals surface area contributed by atoms with Gasteiger partial charge in [0.15, 0.2) is 0 Å². The summed E-state index contributed by atoms with van der Waals surface area (Å²) in [6.07, 6.45) is 4.90. The molecule has 0 saturated carbocycles. The van der Waals surface area contributed by atoms with Crippen LogP contribution in [0.25, 0.3) is 0 Å². The number of hydrogen-bond donors (Lipinski definition) is 0. The van der Waals surface area contributed by atoms with Crippen LogP contribution in [0.3, 0.4) is 0 Å². The average Bonchev–Trinajstić information content (AvgIpc) is 2.70. The normalized spacial score (nSPS) is 23.0. The SMILES string of the molecule is CN(C)C/C=C\C(=O)N1CC2(CCN(C(C)(C)C)C2)C1. The number of hydrogen-bond acceptors (Lipinski definition) is 3. The Labute approximate surface area is 123 Å². The predicted molar refractivity (Wildman–Crippen MR) is 82.7 cm³/mol. The van der Waals surface area contributed by atoms with E-state index in [2.05, 4.69) is 30.6 Å². The Morgan fingerprint density at radius 1 is 1.25 bits per heavy atom. The molecule has 2 aliphatic rings. The van der Waals surface area contributed by atoms with E-state index in [9.17, 15) is 4.79 Å². The molecule has 0 unspecified atom stereocenters. The van der Waals surface area contributed by atoms with E-state index in [4.69, 9.17) is 0 Å². The zero-order valence-corrected chi connectivity index (χ0v) is 13.6. The Hall–Kier alpha value is -0.870. The minimum Gasteiger partial charge on any atom is -0.338 e. The second-order valence-corrected chi connectivity index (χ2v) is 7.70. The summed E-state index contributed by atoms with van der Waals surface area (Å²) in [5, 5.41) is 0. The number of carbonyl (C=O) groups excluding carboxylic acids is 1. The first-order chi connectivity index (χ1) is 9.22. The molecule has 1 spiro atoms. The van der Waals surface area contributed by atoms with Crippen LogP contribution in [-0.2, 0) is 4.79 Å². The molecule has 20 heavy (non-hydrogen) atoms. The predicted octanol–water partition coefficient (Wildman–Crippen LogP) is 1.44. The van der Waals surface area contributed by atoms with E-state index in [-0.39, 0.29) is 11.4 Å². The molecule has 1 amide bonds. The van der Waals surface area contributed by atoms with Gasteiger partial charge in [-0.15, -0.1) is 0 Å². The van der Waals surface area contributed by atoms with Crippen molar-refractivity contribution in [1.29, 1.82) is 0 Å². The zero-order valence-electron chi connectivity index (χ0n) is 13.6. The summed E-state index contributed by atoms with van der Waals surface area (Å²) in [7, 11) is 4.01. The third-order valence-corrected chi connectivity index (χ3v) is 4.48. The molecule has 2 saturated heterocycles. The highest BCUT2D eigenvalue weighted by Crippen LogP contribution is 2.41. The minimum absolute atomic E-state index is 0.173. The van der Waals surface area contributed by atoms with Gasteiger partial charge < -0.3 is 9.80 Å². The summed E-state index contributed by atoms with van der Waals surface area (Å²) in [5.74, 6) is 0.173. The summed E-state index contributed by atoms with van der Waals surface area (Å²) in [6, 6.07) is 0. The van der Waals surface area contributed by atoms with Gasteiger partial charge in [-0.05, 0) is 47.8 Å². The van der Waals surface area contributed by atoms with Gasteiger partial charge in [0.1, 0.15) is 0 Å². The fraction of sp³-hybridized carbons (Fsp3) is 0.812. The third kappa shape index (κ3) is 3.41. The van der Waals surface area contributed by atoms with Crippen LogP contribution in [0.5, 0.6) is 0 Å². The molecule has 0 radical (unpaired) electrons. The van der Waals surface area contributed by atoms with Crippen LogP contribution in [0.15, 0.2) is 12.2 Å². The molecule has 2 fully saturated rings. The van der Waals surface area contributed by atoms with Crippen LogP contribution >= 0.6 is 0 Å². The molecule has 2 rings (SSSR count). The Balaban J connectivity index is 1.80. The molecule has 0 aromatic heterocycles. The molecule has 0 aromatic carbocycles. The van der Waals surface area contributed by atoms with E-state index in [1.54, 1.807) is 6.08 Å². The highest BCUT2D eigenvalue weighted by molar-refractivity contribution is 5.88. The smallest absolute Gasteiger partial charge is 0.246 e. The Morgan fingerprint density at radius 2 is 1.90 bits per heavy atom. The van der Waals surface area contributed by atoms with E-state index in [1.165, 1.54) is 13.0 Å². The first kappa shape index (κ1) is 15.5. The summed E-state index contributed by atoms with van der Waals surface area (Å²) >= 11 is 0. The fourth-order valence-corrected chi connectivity index (χ4v) is 3.15. The average molecular weight is 279 g/mol. The first-order valence-corrected chi connectivity index (χ1v) is 7.57. The summed E-state index contributed by atoms with van der Waals surface area (Å²) in [6.45, 7) is 11.8. The van der Waals surface area contributed by atoms with Gasteiger partial charge in [-0.3, -0.25) is 9.69 Å². The molecule has 4 heteroatoms. The molecular weight excluding hydrogens is 250 g/mol. The third-order valence-electron chi connectivity index (χ3n) is 4.48. The molecule has 2 aliphatic heterocycles. The van der Waals surface area contributed by atoms with Crippen LogP contribution in [-0.4, -0.2) is 73.0 Å². The lowest BCUT2D eigenvalue weighted by molar-refractivity contribution is -0.137. The summed E-state index contributed by atoms with van der Waals surface area (Å²) in [4.78, 5) is 18.6. The van der Waals surface area contributed by atoms with Crippen LogP contribution in [0.4, 0.5) is 0 Å². The lowest BCUT2D eigenvalue weighted by Crippen LogP contribution is -2.59. The van der Waals surface area contributed by atoms with Crippen molar-refractivity contribution < 1.29 is 4.79 Å². The first-order valence-electron chi connectivity index (χ1n) is 7.57. The second kappa shape index (κ2) is 5.49. The zero-order chi connectivity index (χ0) is 15.0. The van der Waals surface area contributed by atoms with Crippen molar-refractivity contribution in [1.82, 2.24) is 14.7 Å². The van der Waals surface area contributed by atoms with Crippen molar-refractivity contribution in [3.63, 3.8) is 0 Å². The van der Waals surface area contributed by atoms with E-state index < -0.39 is 0 Å². The largest absolute Gasteiger partial charge is 0.338 e. The van der Waals surface area contributed by atoms with Crippen molar-refractivity contribution in [3.05, 3.63) is 12.2 Å². The van der Waals surface area contributed by atoms with Gasteiger partial charge >= 0.3 is 0 Å². The van der Waals surface area contributed by atoms with Crippen LogP contribution in [0.2, 0.25) is 0 Å². The van der Waals surface area contributed by atoms with Crippen molar-refractivity contribution in [2.45, 2.75) is 32.7 Å². The van der Waals surface area contributed by atoms with Gasteiger partial charge in [-0.25, -0.2) is 0 Å². The number of rotatable bonds is 3. The quantitative estimate of drug-likeness (QED) is 0.731.